The lowest BCUT2D eigenvalue weighted by molar-refractivity contribution is -0.144. The number of pyridine rings is 1. The number of nitrogens with one attached hydrogen (secondary N) is 1. The second-order valence-corrected chi connectivity index (χ2v) is 9.50. The smallest absolute Gasteiger partial charge is 0.256 e. The molecule has 32 heavy (non-hydrogen) atoms. The minimum atomic E-state index is -0.651. The van der Waals surface area contributed by atoms with Crippen LogP contribution >= 0.6 is 0 Å². The molecule has 2 spiro atoms. The number of amides is 3. The van der Waals surface area contributed by atoms with Gasteiger partial charge in [0.1, 0.15) is 17.1 Å². The number of carbonyl (C=O) groups is 3. The van der Waals surface area contributed by atoms with Crippen LogP contribution in [-0.4, -0.2) is 83.1 Å². The molecule has 1 aromatic rings. The van der Waals surface area contributed by atoms with Gasteiger partial charge in [0.15, 0.2) is 0 Å². The highest BCUT2D eigenvalue weighted by molar-refractivity contribution is 6.01. The number of likely N-dealkylation sites (N-methyl/N-ethyl adjacent to an activating group) is 1. The quantitative estimate of drug-likeness (QED) is 0.673. The van der Waals surface area contributed by atoms with Crippen molar-refractivity contribution in [3.63, 3.8) is 0 Å². The Labute approximate surface area is 186 Å². The first kappa shape index (κ1) is 19.7. The zero-order valence-corrected chi connectivity index (χ0v) is 18.3. The molecule has 3 saturated heterocycles. The molecule has 0 unspecified atom stereocenters. The van der Waals surface area contributed by atoms with Crippen LogP contribution in [0, 0.1) is 11.8 Å². The summed E-state index contributed by atoms with van der Waals surface area (Å²) in [7, 11) is 1.94. The Morgan fingerprint density at radius 1 is 1.31 bits per heavy atom. The Balaban J connectivity index is 1.21. The second kappa shape index (κ2) is 6.54. The highest BCUT2D eigenvalue weighted by atomic mass is 16.5. The standard InChI is InChI=1S/C23H27N5O4/c1-3-27-13-22-7-6-15(32-22)16(17(22)21(27)31)20(30)28-11-8-23(9-12-28)25-19(29)14-5-4-10-24-18(14)26(23)2/h4-7,10,15-17H,3,8-9,11-13H2,1-2H3,(H,25,29)/t15-,16-,17+,22-/m0/s1. The highest BCUT2D eigenvalue weighted by Gasteiger charge is 2.67. The summed E-state index contributed by atoms with van der Waals surface area (Å²) in [5, 5.41) is 3.16. The van der Waals surface area contributed by atoms with Crippen LogP contribution < -0.4 is 10.2 Å². The number of hydrogen-bond acceptors (Lipinski definition) is 6. The van der Waals surface area contributed by atoms with Gasteiger partial charge in [0.25, 0.3) is 5.91 Å². The number of hydrogen-bond donors (Lipinski definition) is 1. The maximum Gasteiger partial charge on any atom is 0.256 e. The lowest BCUT2D eigenvalue weighted by Crippen LogP contribution is -2.67. The number of likely N-dealkylation sites (tertiary alicyclic amines) is 2. The summed E-state index contributed by atoms with van der Waals surface area (Å²) in [6.07, 6.45) is 6.48. The molecule has 6 heterocycles. The molecule has 0 radical (unpaired) electrons. The van der Waals surface area contributed by atoms with Gasteiger partial charge in [0, 0.05) is 45.7 Å². The van der Waals surface area contributed by atoms with Crippen molar-refractivity contribution in [2.24, 2.45) is 11.8 Å². The number of rotatable bonds is 2. The van der Waals surface area contributed by atoms with Crippen molar-refractivity contribution in [3.05, 3.63) is 36.0 Å². The van der Waals surface area contributed by atoms with E-state index in [9.17, 15) is 14.4 Å². The van der Waals surface area contributed by atoms with E-state index < -0.39 is 23.1 Å². The summed E-state index contributed by atoms with van der Waals surface area (Å²) in [4.78, 5) is 49.4. The van der Waals surface area contributed by atoms with Crippen LogP contribution in [0.2, 0.25) is 0 Å². The molecule has 6 rings (SSSR count). The van der Waals surface area contributed by atoms with E-state index in [4.69, 9.17) is 4.74 Å². The van der Waals surface area contributed by atoms with Crippen molar-refractivity contribution < 1.29 is 19.1 Å². The molecule has 0 aromatic carbocycles. The molecule has 3 fully saturated rings. The van der Waals surface area contributed by atoms with Gasteiger partial charge in [-0.1, -0.05) is 12.2 Å². The van der Waals surface area contributed by atoms with Crippen LogP contribution in [0.5, 0.6) is 0 Å². The molecule has 5 aliphatic rings. The van der Waals surface area contributed by atoms with Crippen LogP contribution in [0.3, 0.4) is 0 Å². The number of aromatic nitrogens is 1. The average Bonchev–Trinajstić information content (AvgIpc) is 3.45. The third-order valence-electron chi connectivity index (χ3n) is 8.09. The van der Waals surface area contributed by atoms with E-state index in [1.54, 1.807) is 23.2 Å². The average molecular weight is 438 g/mol. The number of carbonyl (C=O) groups excluding carboxylic acids is 3. The van der Waals surface area contributed by atoms with Crippen molar-refractivity contribution in [3.8, 4) is 0 Å². The SMILES string of the molecule is CCN1C[C@]23C=C[C@H](O2)[C@H](C(=O)N2CCC4(CC2)NC(=O)c2cccnc2N4C)[C@@H]3C1=O. The van der Waals surface area contributed by atoms with Gasteiger partial charge in [-0.3, -0.25) is 14.4 Å². The summed E-state index contributed by atoms with van der Waals surface area (Å²) in [5.74, 6) is -0.367. The van der Waals surface area contributed by atoms with Gasteiger partial charge in [-0.05, 0) is 19.1 Å². The molecule has 4 atom stereocenters. The van der Waals surface area contributed by atoms with E-state index in [-0.39, 0.29) is 23.8 Å². The Bertz CT molecular complexity index is 1050. The number of ether oxygens (including phenoxy) is 1. The maximum atomic E-state index is 13.6. The predicted octanol–water partition coefficient (Wildman–Crippen LogP) is 0.382. The number of anilines is 1. The first-order valence-corrected chi connectivity index (χ1v) is 11.4. The highest BCUT2D eigenvalue weighted by Crippen LogP contribution is 2.52. The summed E-state index contributed by atoms with van der Waals surface area (Å²) in [6, 6.07) is 3.53. The third-order valence-corrected chi connectivity index (χ3v) is 8.09. The van der Waals surface area contributed by atoms with E-state index in [2.05, 4.69) is 10.3 Å². The Hall–Kier alpha value is -2.94. The monoisotopic (exact) mass is 437 g/mol. The van der Waals surface area contributed by atoms with Crippen molar-refractivity contribution >= 4 is 23.5 Å². The molecule has 2 bridgehead atoms. The summed E-state index contributed by atoms with van der Waals surface area (Å²) in [6.45, 7) is 4.10. The molecule has 0 saturated carbocycles. The van der Waals surface area contributed by atoms with Crippen molar-refractivity contribution in [2.75, 3.05) is 38.1 Å². The lowest BCUT2D eigenvalue weighted by Gasteiger charge is -2.51. The normalized spacial score (nSPS) is 34.2. The lowest BCUT2D eigenvalue weighted by atomic mass is 9.76. The van der Waals surface area contributed by atoms with Crippen LogP contribution in [-0.2, 0) is 14.3 Å². The fraction of sp³-hybridized carbons (Fsp3) is 0.565. The van der Waals surface area contributed by atoms with Gasteiger partial charge in [0.05, 0.1) is 30.0 Å². The Kier molecular flexibility index (Phi) is 4.03. The van der Waals surface area contributed by atoms with Gasteiger partial charge in [-0.2, -0.15) is 0 Å². The fourth-order valence-electron chi connectivity index (χ4n) is 6.30. The van der Waals surface area contributed by atoms with Crippen LogP contribution in [0.25, 0.3) is 0 Å². The van der Waals surface area contributed by atoms with E-state index >= 15 is 0 Å². The maximum absolute atomic E-state index is 13.6. The summed E-state index contributed by atoms with van der Waals surface area (Å²) in [5.41, 5.74) is -0.651. The molecule has 0 aliphatic carbocycles. The minimum Gasteiger partial charge on any atom is -0.360 e. The predicted molar refractivity (Wildman–Crippen MR) is 115 cm³/mol. The number of nitrogens with zero attached hydrogens (tertiary/aromatic N) is 4. The third kappa shape index (κ3) is 2.42. The molecule has 5 aliphatic heterocycles. The van der Waals surface area contributed by atoms with E-state index in [1.165, 1.54) is 0 Å². The summed E-state index contributed by atoms with van der Waals surface area (Å²) < 4.78 is 6.20. The molecular formula is C23H27N5O4. The first-order chi connectivity index (χ1) is 15.4. The van der Waals surface area contributed by atoms with Crippen LogP contribution in [0.4, 0.5) is 5.82 Å². The molecule has 9 nitrogen and oxygen atoms in total. The van der Waals surface area contributed by atoms with E-state index in [1.807, 2.05) is 35.9 Å². The Morgan fingerprint density at radius 3 is 2.84 bits per heavy atom. The number of fused-ring (bicyclic) bond motifs is 2. The molecule has 9 heteroatoms. The minimum absolute atomic E-state index is 0.0179. The van der Waals surface area contributed by atoms with E-state index in [0.717, 1.165) is 0 Å². The van der Waals surface area contributed by atoms with Crippen LogP contribution in [0.1, 0.15) is 30.1 Å². The molecular weight excluding hydrogens is 410 g/mol. The zero-order valence-electron chi connectivity index (χ0n) is 18.3. The topological polar surface area (TPSA) is 95.1 Å². The van der Waals surface area contributed by atoms with Gasteiger partial charge < -0.3 is 24.8 Å². The Morgan fingerprint density at radius 2 is 2.09 bits per heavy atom. The van der Waals surface area contributed by atoms with Crippen molar-refractivity contribution in [1.82, 2.24) is 20.1 Å². The molecule has 1 aromatic heterocycles. The van der Waals surface area contributed by atoms with Gasteiger partial charge in [-0.25, -0.2) is 4.98 Å². The van der Waals surface area contributed by atoms with Gasteiger partial charge >= 0.3 is 0 Å². The van der Waals surface area contributed by atoms with Crippen molar-refractivity contribution in [2.45, 2.75) is 37.1 Å². The van der Waals surface area contributed by atoms with Gasteiger partial charge in [0.2, 0.25) is 11.8 Å². The largest absolute Gasteiger partial charge is 0.360 e. The molecule has 3 amide bonds. The van der Waals surface area contributed by atoms with Crippen molar-refractivity contribution in [1.29, 1.82) is 0 Å². The molecule has 1 N–H and O–H groups in total. The van der Waals surface area contributed by atoms with E-state index in [0.29, 0.717) is 50.4 Å². The second-order valence-electron chi connectivity index (χ2n) is 9.50. The van der Waals surface area contributed by atoms with Gasteiger partial charge in [-0.15, -0.1) is 0 Å². The van der Waals surface area contributed by atoms with Crippen LogP contribution in [0.15, 0.2) is 30.5 Å². The fourth-order valence-corrected chi connectivity index (χ4v) is 6.30. The first-order valence-electron chi connectivity index (χ1n) is 11.4. The summed E-state index contributed by atoms with van der Waals surface area (Å²) >= 11 is 0. The molecule has 168 valence electrons. The number of piperidine rings is 1. The zero-order chi connectivity index (χ0) is 22.3.